The summed E-state index contributed by atoms with van der Waals surface area (Å²) in [6, 6.07) is 14.2. The highest BCUT2D eigenvalue weighted by molar-refractivity contribution is 5.96. The summed E-state index contributed by atoms with van der Waals surface area (Å²) in [4.78, 5) is 19.5. The molecule has 0 bridgehead atoms. The maximum Gasteiger partial charge on any atom is 0.226 e. The van der Waals surface area contributed by atoms with E-state index in [0.717, 1.165) is 47.1 Å². The number of nitrogens with zero attached hydrogens (tertiary/aromatic N) is 4. The van der Waals surface area contributed by atoms with Crippen molar-refractivity contribution in [1.82, 2.24) is 14.8 Å². The van der Waals surface area contributed by atoms with Gasteiger partial charge in [-0.1, -0.05) is 36.4 Å². The van der Waals surface area contributed by atoms with Gasteiger partial charge in [0, 0.05) is 55.4 Å². The molecule has 29 heavy (non-hydrogen) atoms. The van der Waals surface area contributed by atoms with Crippen molar-refractivity contribution >= 4 is 17.5 Å². The van der Waals surface area contributed by atoms with Crippen molar-refractivity contribution in [2.75, 3.05) is 36.5 Å². The summed E-state index contributed by atoms with van der Waals surface area (Å²) in [7, 11) is 1.88. The van der Waals surface area contributed by atoms with Crippen LogP contribution in [-0.4, -0.2) is 47.0 Å². The number of pyridine rings is 1. The Bertz CT molecular complexity index is 1040. The smallest absolute Gasteiger partial charge is 0.226 e. The summed E-state index contributed by atoms with van der Waals surface area (Å²) in [5.74, 6) is 1.60. The van der Waals surface area contributed by atoms with Gasteiger partial charge in [0.1, 0.15) is 11.6 Å². The van der Waals surface area contributed by atoms with E-state index >= 15 is 0 Å². The molecule has 2 aliphatic rings. The van der Waals surface area contributed by atoms with Crippen molar-refractivity contribution in [3.05, 3.63) is 59.8 Å². The Labute approximate surface area is 169 Å². The lowest BCUT2D eigenvalue weighted by molar-refractivity contribution is -0.116. The molecule has 2 aromatic heterocycles. The summed E-state index contributed by atoms with van der Waals surface area (Å²) in [5.41, 5.74) is 4.07. The van der Waals surface area contributed by atoms with Gasteiger partial charge in [-0.3, -0.25) is 9.48 Å². The predicted molar refractivity (Wildman–Crippen MR) is 111 cm³/mol. The van der Waals surface area contributed by atoms with Crippen LogP contribution in [0.15, 0.2) is 48.7 Å². The first kappa shape index (κ1) is 17.9. The van der Waals surface area contributed by atoms with Gasteiger partial charge in [0.15, 0.2) is 0 Å². The van der Waals surface area contributed by atoms with Gasteiger partial charge in [0.2, 0.25) is 5.91 Å². The van der Waals surface area contributed by atoms with Gasteiger partial charge in [-0.25, -0.2) is 4.98 Å². The predicted octanol–water partition coefficient (Wildman–Crippen LogP) is 2.79. The number of ether oxygens (including phenoxy) is 1. The minimum atomic E-state index is -0.103. The van der Waals surface area contributed by atoms with E-state index in [4.69, 9.17) is 14.8 Å². The molecule has 5 rings (SSSR count). The molecule has 148 valence electrons. The van der Waals surface area contributed by atoms with Gasteiger partial charge in [0.25, 0.3) is 0 Å². The highest BCUT2D eigenvalue weighted by Crippen LogP contribution is 2.44. The van der Waals surface area contributed by atoms with E-state index in [2.05, 4.69) is 28.4 Å². The van der Waals surface area contributed by atoms with Crippen molar-refractivity contribution in [2.45, 2.75) is 12.3 Å². The van der Waals surface area contributed by atoms with Crippen LogP contribution in [0.5, 0.6) is 0 Å². The summed E-state index contributed by atoms with van der Waals surface area (Å²) in [6.45, 7) is 2.98. The van der Waals surface area contributed by atoms with Gasteiger partial charge >= 0.3 is 0 Å². The zero-order chi connectivity index (χ0) is 19.8. The molecule has 7 heteroatoms. The first-order valence-electron chi connectivity index (χ1n) is 9.92. The lowest BCUT2D eigenvalue weighted by Crippen LogP contribution is -2.38. The molecular formula is C22H23N5O2. The van der Waals surface area contributed by atoms with Crippen LogP contribution in [0.3, 0.4) is 0 Å². The van der Waals surface area contributed by atoms with Gasteiger partial charge in [0.05, 0.1) is 18.9 Å². The van der Waals surface area contributed by atoms with Crippen molar-refractivity contribution < 1.29 is 9.53 Å². The number of carbonyl (C=O) groups is 1. The third kappa shape index (κ3) is 3.17. The van der Waals surface area contributed by atoms with Crippen molar-refractivity contribution in [2.24, 2.45) is 7.05 Å². The number of aryl methyl sites for hydroxylation is 1. The average Bonchev–Trinajstić information content (AvgIpc) is 3.11. The zero-order valence-corrected chi connectivity index (χ0v) is 16.3. The Kier molecular flexibility index (Phi) is 4.52. The number of hydrogen-bond acceptors (Lipinski definition) is 5. The molecule has 1 aromatic carbocycles. The normalized spacial score (nSPS) is 19.0. The van der Waals surface area contributed by atoms with Crippen molar-refractivity contribution in [3.8, 4) is 11.3 Å². The molecule has 0 aliphatic carbocycles. The summed E-state index contributed by atoms with van der Waals surface area (Å²) in [5, 5.41) is 7.79. The van der Waals surface area contributed by atoms with Gasteiger partial charge in [-0.05, 0) is 6.07 Å². The van der Waals surface area contributed by atoms with Crippen LogP contribution in [0.4, 0.5) is 11.6 Å². The molecule has 7 nitrogen and oxygen atoms in total. The quantitative estimate of drug-likeness (QED) is 0.746. The van der Waals surface area contributed by atoms with Crippen molar-refractivity contribution in [3.63, 3.8) is 0 Å². The minimum absolute atomic E-state index is 0.00175. The molecule has 1 amide bonds. The molecule has 1 atom stereocenters. The van der Waals surface area contributed by atoms with Gasteiger partial charge < -0.3 is 15.0 Å². The number of rotatable bonds is 3. The Morgan fingerprint density at radius 2 is 1.90 bits per heavy atom. The Morgan fingerprint density at radius 1 is 1.10 bits per heavy atom. The van der Waals surface area contributed by atoms with Crippen LogP contribution in [0.2, 0.25) is 0 Å². The third-order valence-electron chi connectivity index (χ3n) is 5.63. The van der Waals surface area contributed by atoms with Crippen LogP contribution in [-0.2, 0) is 16.6 Å². The van der Waals surface area contributed by atoms with Crippen LogP contribution >= 0.6 is 0 Å². The Balaban J connectivity index is 1.67. The van der Waals surface area contributed by atoms with Crippen LogP contribution in [0, 0.1) is 0 Å². The van der Waals surface area contributed by atoms with E-state index in [1.54, 1.807) is 4.68 Å². The monoisotopic (exact) mass is 389 g/mol. The maximum absolute atomic E-state index is 12.6. The van der Waals surface area contributed by atoms with E-state index < -0.39 is 0 Å². The van der Waals surface area contributed by atoms with Gasteiger partial charge in [-0.2, -0.15) is 5.10 Å². The minimum Gasteiger partial charge on any atom is -0.378 e. The molecule has 4 heterocycles. The molecule has 2 aliphatic heterocycles. The van der Waals surface area contributed by atoms with E-state index in [9.17, 15) is 4.79 Å². The Hall–Kier alpha value is -3.19. The standard InChI is InChI=1S/C22H23N5O2/c1-26-22-19(20(25-26)15-6-3-2-4-7-15)17(14-18(28)24-22)16-8-5-9-23-21(16)27-10-12-29-13-11-27/h2-9,17H,10-14H2,1H3,(H,24,28). The molecule has 3 aromatic rings. The fourth-order valence-corrected chi connectivity index (χ4v) is 4.28. The molecule has 1 unspecified atom stereocenters. The number of nitrogens with one attached hydrogen (secondary N) is 1. The number of morpholine rings is 1. The molecular weight excluding hydrogens is 366 g/mol. The number of carbonyl (C=O) groups excluding carboxylic acids is 1. The lowest BCUT2D eigenvalue weighted by Gasteiger charge is -2.32. The number of fused-ring (bicyclic) bond motifs is 1. The summed E-state index contributed by atoms with van der Waals surface area (Å²) >= 11 is 0. The number of amides is 1. The van der Waals surface area contributed by atoms with Crippen LogP contribution < -0.4 is 10.2 Å². The molecule has 1 N–H and O–H groups in total. The highest BCUT2D eigenvalue weighted by Gasteiger charge is 2.35. The lowest BCUT2D eigenvalue weighted by atomic mass is 9.84. The maximum atomic E-state index is 12.6. The summed E-state index contributed by atoms with van der Waals surface area (Å²) in [6.07, 6.45) is 2.20. The highest BCUT2D eigenvalue weighted by atomic mass is 16.5. The first-order valence-corrected chi connectivity index (χ1v) is 9.92. The van der Waals surface area contributed by atoms with Crippen LogP contribution in [0.1, 0.15) is 23.5 Å². The van der Waals surface area contributed by atoms with Gasteiger partial charge in [-0.15, -0.1) is 0 Å². The second-order valence-electron chi connectivity index (χ2n) is 7.42. The molecule has 0 saturated carbocycles. The largest absolute Gasteiger partial charge is 0.378 e. The second-order valence-corrected chi connectivity index (χ2v) is 7.42. The van der Waals surface area contributed by atoms with E-state index in [0.29, 0.717) is 19.6 Å². The fourth-order valence-electron chi connectivity index (χ4n) is 4.28. The number of hydrogen-bond donors (Lipinski definition) is 1. The number of benzene rings is 1. The first-order chi connectivity index (χ1) is 14.2. The SMILES string of the molecule is Cn1nc(-c2ccccc2)c2c1NC(=O)CC2c1cccnc1N1CCOCC1. The van der Waals surface area contributed by atoms with E-state index in [-0.39, 0.29) is 11.8 Å². The average molecular weight is 389 g/mol. The Morgan fingerprint density at radius 3 is 2.69 bits per heavy atom. The summed E-state index contributed by atoms with van der Waals surface area (Å²) < 4.78 is 7.28. The van der Waals surface area contributed by atoms with E-state index in [1.165, 1.54) is 0 Å². The van der Waals surface area contributed by atoms with E-state index in [1.807, 2.05) is 37.5 Å². The topological polar surface area (TPSA) is 72.3 Å². The third-order valence-corrected chi connectivity index (χ3v) is 5.63. The van der Waals surface area contributed by atoms with Crippen molar-refractivity contribution in [1.29, 1.82) is 0 Å². The molecule has 0 spiro atoms. The van der Waals surface area contributed by atoms with Crippen LogP contribution in [0.25, 0.3) is 11.3 Å². The number of anilines is 2. The second kappa shape index (κ2) is 7.33. The zero-order valence-electron chi connectivity index (χ0n) is 16.3. The molecule has 1 fully saturated rings. The number of aromatic nitrogens is 3. The molecule has 1 saturated heterocycles. The fraction of sp³-hybridized carbons (Fsp3) is 0.318. The molecule has 0 radical (unpaired) electrons.